The van der Waals surface area contributed by atoms with Crippen LogP contribution >= 0.6 is 11.8 Å². The zero-order valence-corrected chi connectivity index (χ0v) is 15.8. The number of carbonyl (C=O) groups is 1. The van der Waals surface area contributed by atoms with Gasteiger partial charge in [-0.1, -0.05) is 6.07 Å². The maximum Gasteiger partial charge on any atom is 0.255 e. The molecule has 0 bridgehead atoms. The van der Waals surface area contributed by atoms with Gasteiger partial charge in [-0.2, -0.15) is 16.9 Å². The Balaban J connectivity index is 1.66. The number of aromatic nitrogens is 6. The first kappa shape index (κ1) is 17.5. The Labute approximate surface area is 160 Å². The van der Waals surface area contributed by atoms with E-state index in [2.05, 4.69) is 25.6 Å². The minimum atomic E-state index is -0.255. The summed E-state index contributed by atoms with van der Waals surface area (Å²) in [6.07, 6.45) is 7.96. The molecular formula is C18H19N7OS. The molecule has 4 aromatic rings. The number of pyridine rings is 1. The predicted octanol–water partition coefficient (Wildman–Crippen LogP) is 2.30. The second-order valence-electron chi connectivity index (χ2n) is 6.15. The van der Waals surface area contributed by atoms with Crippen molar-refractivity contribution in [1.82, 2.24) is 34.5 Å². The molecule has 0 saturated heterocycles. The topological polar surface area (TPSA) is 89.5 Å². The molecule has 138 valence electrons. The van der Waals surface area contributed by atoms with Gasteiger partial charge in [-0.05, 0) is 37.5 Å². The van der Waals surface area contributed by atoms with E-state index in [4.69, 9.17) is 0 Å². The van der Waals surface area contributed by atoms with Crippen LogP contribution in [0.4, 0.5) is 0 Å². The SMILES string of the molecule is CSCC[C@H](NC(=O)c1cnc2ccnn2c1C)c1nnc2ccccn12. The van der Waals surface area contributed by atoms with Gasteiger partial charge in [0, 0.05) is 18.5 Å². The van der Waals surface area contributed by atoms with Crippen molar-refractivity contribution < 1.29 is 4.79 Å². The molecule has 0 aliphatic carbocycles. The van der Waals surface area contributed by atoms with E-state index in [1.165, 1.54) is 0 Å². The molecule has 0 aromatic carbocycles. The van der Waals surface area contributed by atoms with Gasteiger partial charge in [-0.15, -0.1) is 10.2 Å². The average molecular weight is 381 g/mol. The van der Waals surface area contributed by atoms with Crippen molar-refractivity contribution in [2.75, 3.05) is 12.0 Å². The lowest BCUT2D eigenvalue weighted by atomic mass is 10.1. The highest BCUT2D eigenvalue weighted by Crippen LogP contribution is 2.19. The van der Waals surface area contributed by atoms with Crippen molar-refractivity contribution in [2.45, 2.75) is 19.4 Å². The molecule has 0 saturated carbocycles. The molecule has 4 heterocycles. The first-order valence-electron chi connectivity index (χ1n) is 8.58. The van der Waals surface area contributed by atoms with Gasteiger partial charge in [-0.3, -0.25) is 9.20 Å². The summed E-state index contributed by atoms with van der Waals surface area (Å²) in [6, 6.07) is 7.28. The highest BCUT2D eigenvalue weighted by atomic mass is 32.2. The van der Waals surface area contributed by atoms with Gasteiger partial charge in [0.15, 0.2) is 17.1 Å². The minimum absolute atomic E-state index is 0.198. The van der Waals surface area contributed by atoms with Crippen molar-refractivity contribution in [3.8, 4) is 0 Å². The third-order valence-electron chi connectivity index (χ3n) is 4.47. The van der Waals surface area contributed by atoms with E-state index >= 15 is 0 Å². The highest BCUT2D eigenvalue weighted by Gasteiger charge is 2.22. The molecule has 0 aliphatic rings. The van der Waals surface area contributed by atoms with E-state index in [-0.39, 0.29) is 11.9 Å². The fourth-order valence-electron chi connectivity index (χ4n) is 3.05. The average Bonchev–Trinajstić information content (AvgIpc) is 3.32. The fourth-order valence-corrected chi connectivity index (χ4v) is 3.52. The first-order chi connectivity index (χ1) is 13.2. The lowest BCUT2D eigenvalue weighted by Gasteiger charge is -2.18. The van der Waals surface area contributed by atoms with Crippen LogP contribution in [0, 0.1) is 6.92 Å². The summed E-state index contributed by atoms with van der Waals surface area (Å²) in [5.41, 5.74) is 2.71. The molecule has 1 amide bonds. The maximum atomic E-state index is 13.0. The number of rotatable bonds is 6. The van der Waals surface area contributed by atoms with Crippen LogP contribution in [0.2, 0.25) is 0 Å². The lowest BCUT2D eigenvalue weighted by molar-refractivity contribution is 0.0932. The summed E-state index contributed by atoms with van der Waals surface area (Å²) in [5, 5.41) is 15.9. The molecule has 9 heteroatoms. The van der Waals surface area contributed by atoms with E-state index in [1.807, 2.05) is 42.0 Å². The Hall–Kier alpha value is -2.94. The van der Waals surface area contributed by atoms with E-state index in [9.17, 15) is 4.79 Å². The second-order valence-corrected chi connectivity index (χ2v) is 7.14. The first-order valence-corrected chi connectivity index (χ1v) is 9.97. The number of aryl methyl sites for hydroxylation is 1. The van der Waals surface area contributed by atoms with Gasteiger partial charge in [0.05, 0.1) is 23.5 Å². The molecule has 0 fully saturated rings. The Morgan fingerprint density at radius 2 is 2.15 bits per heavy atom. The van der Waals surface area contributed by atoms with Gasteiger partial charge >= 0.3 is 0 Å². The van der Waals surface area contributed by atoms with Crippen molar-refractivity contribution in [3.63, 3.8) is 0 Å². The monoisotopic (exact) mass is 381 g/mol. The molecule has 1 N–H and O–H groups in total. The number of hydrogen-bond donors (Lipinski definition) is 1. The Bertz CT molecular complexity index is 1100. The highest BCUT2D eigenvalue weighted by molar-refractivity contribution is 7.98. The summed E-state index contributed by atoms with van der Waals surface area (Å²) in [7, 11) is 0. The molecule has 4 rings (SSSR count). The number of thioether (sulfide) groups is 1. The summed E-state index contributed by atoms with van der Waals surface area (Å²) in [4.78, 5) is 17.3. The number of nitrogens with one attached hydrogen (secondary N) is 1. The summed E-state index contributed by atoms with van der Waals surface area (Å²) in [6.45, 7) is 1.86. The van der Waals surface area contributed by atoms with Gasteiger partial charge in [0.1, 0.15) is 0 Å². The standard InChI is InChI=1S/C18H19N7OS/c1-12-13(11-19-15-6-8-20-25(12)15)18(26)21-14(7-10-27-2)17-23-22-16-5-3-4-9-24(16)17/h3-6,8-9,11,14H,7,10H2,1-2H3,(H,21,26)/t14-/m0/s1. The van der Waals surface area contributed by atoms with Crippen molar-refractivity contribution in [1.29, 1.82) is 0 Å². The molecule has 27 heavy (non-hydrogen) atoms. The Morgan fingerprint density at radius 1 is 1.26 bits per heavy atom. The van der Waals surface area contributed by atoms with Crippen LogP contribution in [0.5, 0.6) is 0 Å². The third-order valence-corrected chi connectivity index (χ3v) is 5.11. The summed E-state index contributed by atoms with van der Waals surface area (Å²) < 4.78 is 3.57. The zero-order chi connectivity index (χ0) is 18.8. The van der Waals surface area contributed by atoms with Crippen LogP contribution in [-0.2, 0) is 0 Å². The van der Waals surface area contributed by atoms with E-state index in [1.54, 1.807) is 34.7 Å². The summed E-state index contributed by atoms with van der Waals surface area (Å²) >= 11 is 1.73. The van der Waals surface area contributed by atoms with Gasteiger partial charge < -0.3 is 5.32 Å². The van der Waals surface area contributed by atoms with Crippen LogP contribution in [0.15, 0.2) is 42.9 Å². The van der Waals surface area contributed by atoms with E-state index in [0.29, 0.717) is 11.2 Å². The van der Waals surface area contributed by atoms with Crippen molar-refractivity contribution >= 4 is 29.0 Å². The third kappa shape index (κ3) is 3.25. The predicted molar refractivity (Wildman–Crippen MR) is 104 cm³/mol. The fraction of sp³-hybridized carbons (Fsp3) is 0.278. The van der Waals surface area contributed by atoms with Gasteiger partial charge in [0.2, 0.25) is 0 Å². The normalized spacial score (nSPS) is 12.5. The molecular weight excluding hydrogens is 362 g/mol. The van der Waals surface area contributed by atoms with Crippen LogP contribution in [-0.4, -0.2) is 47.1 Å². The number of hydrogen-bond acceptors (Lipinski definition) is 6. The molecule has 8 nitrogen and oxygen atoms in total. The molecule has 0 unspecified atom stereocenters. The Morgan fingerprint density at radius 3 is 3.00 bits per heavy atom. The molecule has 4 aromatic heterocycles. The smallest absolute Gasteiger partial charge is 0.255 e. The number of amides is 1. The Kier molecular flexibility index (Phi) is 4.76. The zero-order valence-electron chi connectivity index (χ0n) is 15.0. The van der Waals surface area contributed by atoms with Crippen LogP contribution in [0.25, 0.3) is 11.3 Å². The second kappa shape index (κ2) is 7.36. The van der Waals surface area contributed by atoms with Gasteiger partial charge in [-0.25, -0.2) is 9.50 Å². The van der Waals surface area contributed by atoms with E-state index < -0.39 is 0 Å². The van der Waals surface area contributed by atoms with Gasteiger partial charge in [0.25, 0.3) is 5.91 Å². The van der Waals surface area contributed by atoms with Crippen molar-refractivity contribution in [2.24, 2.45) is 0 Å². The number of carbonyl (C=O) groups excluding carboxylic acids is 1. The molecule has 1 atom stereocenters. The molecule has 0 spiro atoms. The molecule has 0 radical (unpaired) electrons. The number of nitrogens with zero attached hydrogens (tertiary/aromatic N) is 6. The van der Waals surface area contributed by atoms with Crippen LogP contribution in [0.3, 0.4) is 0 Å². The largest absolute Gasteiger partial charge is 0.342 e. The summed E-state index contributed by atoms with van der Waals surface area (Å²) in [5.74, 6) is 1.41. The quantitative estimate of drug-likeness (QED) is 0.551. The van der Waals surface area contributed by atoms with Crippen molar-refractivity contribution in [3.05, 3.63) is 59.9 Å². The van der Waals surface area contributed by atoms with Crippen LogP contribution in [0.1, 0.15) is 34.3 Å². The lowest BCUT2D eigenvalue weighted by Crippen LogP contribution is -2.31. The minimum Gasteiger partial charge on any atom is -0.342 e. The van der Waals surface area contributed by atoms with Crippen LogP contribution < -0.4 is 5.32 Å². The maximum absolute atomic E-state index is 13.0. The number of fused-ring (bicyclic) bond motifs is 2. The molecule has 0 aliphatic heterocycles. The van der Waals surface area contributed by atoms with E-state index in [0.717, 1.165) is 29.3 Å².